The lowest BCUT2D eigenvalue weighted by Gasteiger charge is -2.13. The Morgan fingerprint density at radius 1 is 1.17 bits per heavy atom. The van der Waals surface area contributed by atoms with Crippen molar-refractivity contribution in [2.75, 3.05) is 6.54 Å². The van der Waals surface area contributed by atoms with E-state index in [0.717, 1.165) is 19.3 Å². The van der Waals surface area contributed by atoms with Crippen LogP contribution in [0.1, 0.15) is 58.8 Å². The Morgan fingerprint density at radius 2 is 1.72 bits per heavy atom. The Kier molecular flexibility index (Phi) is 9.01. The maximum Gasteiger partial charge on any atom is 0.269 e. The lowest BCUT2D eigenvalue weighted by atomic mass is 10.1. The van der Waals surface area contributed by atoms with Crippen LogP contribution >= 0.6 is 0 Å². The van der Waals surface area contributed by atoms with Crippen molar-refractivity contribution < 1.29 is 17.8 Å². The Bertz CT molecular complexity index is 327. The maximum atomic E-state index is 11.1. The van der Waals surface area contributed by atoms with E-state index >= 15 is 0 Å². The molecule has 0 aromatic heterocycles. The van der Waals surface area contributed by atoms with Crippen molar-refractivity contribution in [3.8, 4) is 0 Å². The summed E-state index contributed by atoms with van der Waals surface area (Å²) in [6.07, 6.45) is 6.75. The molecular weight excluding hydrogens is 254 g/mol. The molecule has 0 bridgehead atoms. The van der Waals surface area contributed by atoms with Crippen molar-refractivity contribution in [1.29, 1.82) is 0 Å². The van der Waals surface area contributed by atoms with Gasteiger partial charge in [0.25, 0.3) is 10.1 Å². The van der Waals surface area contributed by atoms with Gasteiger partial charge in [-0.2, -0.15) is 8.42 Å². The molecule has 5 nitrogen and oxygen atoms in total. The summed E-state index contributed by atoms with van der Waals surface area (Å²) in [5.41, 5.74) is 0. The lowest BCUT2D eigenvalue weighted by molar-refractivity contribution is -0.118. The molecule has 108 valence electrons. The first kappa shape index (κ1) is 17.4. The monoisotopic (exact) mass is 279 g/mol. The average Bonchev–Trinajstić information content (AvgIpc) is 2.25. The highest BCUT2D eigenvalue weighted by molar-refractivity contribution is 7.86. The summed E-state index contributed by atoms with van der Waals surface area (Å²) < 4.78 is 31.3. The zero-order chi connectivity index (χ0) is 14.0. The molecule has 0 aliphatic carbocycles. The molecule has 1 amide bonds. The second-order valence-electron chi connectivity index (χ2n) is 4.63. The fourth-order valence-electron chi connectivity index (χ4n) is 1.77. The fourth-order valence-corrected chi connectivity index (χ4v) is 2.52. The maximum absolute atomic E-state index is 11.1. The zero-order valence-corrected chi connectivity index (χ0v) is 12.1. The third-order valence-electron chi connectivity index (χ3n) is 2.88. The van der Waals surface area contributed by atoms with Crippen LogP contribution in [0.3, 0.4) is 0 Å². The average molecular weight is 279 g/mol. The molecule has 0 radical (unpaired) electrons. The molecule has 0 aromatic carbocycles. The molecule has 1 unspecified atom stereocenters. The quantitative estimate of drug-likeness (QED) is 0.474. The molecule has 1 atom stereocenters. The number of carbonyl (C=O) groups is 1. The van der Waals surface area contributed by atoms with Gasteiger partial charge in [-0.25, -0.2) is 0 Å². The highest BCUT2D eigenvalue weighted by Gasteiger charge is 2.22. The Morgan fingerprint density at radius 3 is 2.22 bits per heavy atom. The largest absolute Gasteiger partial charge is 0.355 e. The van der Waals surface area contributed by atoms with E-state index in [1.165, 1.54) is 26.2 Å². The van der Waals surface area contributed by atoms with Crippen molar-refractivity contribution in [1.82, 2.24) is 5.32 Å². The Hall–Kier alpha value is -0.620. The van der Waals surface area contributed by atoms with Gasteiger partial charge in [0.05, 0.1) is 0 Å². The first-order valence-electron chi connectivity index (χ1n) is 6.58. The molecule has 0 saturated carbocycles. The van der Waals surface area contributed by atoms with Gasteiger partial charge in [-0.05, 0) is 6.42 Å². The second kappa shape index (κ2) is 9.33. The molecule has 0 aliphatic heterocycles. The normalized spacial score (nSPS) is 13.3. The SMILES string of the molecule is CCCCCCCCC(CNC(C)=O)S(=O)(=O)O. The molecule has 0 spiro atoms. The van der Waals surface area contributed by atoms with Crippen molar-refractivity contribution in [3.05, 3.63) is 0 Å². The Balaban J connectivity index is 3.92. The molecule has 0 rings (SSSR count). The van der Waals surface area contributed by atoms with Crippen LogP contribution in [0, 0.1) is 0 Å². The number of hydrogen-bond donors (Lipinski definition) is 2. The first-order valence-corrected chi connectivity index (χ1v) is 8.09. The second-order valence-corrected chi connectivity index (χ2v) is 6.33. The number of amides is 1. The van der Waals surface area contributed by atoms with Gasteiger partial charge in [0.2, 0.25) is 5.91 Å². The standard InChI is InChI=1S/C12H25NO4S/c1-3-4-5-6-7-8-9-12(18(15,16)17)10-13-11(2)14/h12H,3-10H2,1-2H3,(H,13,14)(H,15,16,17). The molecule has 2 N–H and O–H groups in total. The molecule has 0 fully saturated rings. The van der Waals surface area contributed by atoms with Gasteiger partial charge in [-0.15, -0.1) is 0 Å². The van der Waals surface area contributed by atoms with E-state index < -0.39 is 15.4 Å². The summed E-state index contributed by atoms with van der Waals surface area (Å²) in [6, 6.07) is 0. The van der Waals surface area contributed by atoms with Crippen LogP contribution < -0.4 is 5.32 Å². The van der Waals surface area contributed by atoms with Crippen molar-refractivity contribution in [2.24, 2.45) is 0 Å². The van der Waals surface area contributed by atoms with Crippen LogP contribution in [0.25, 0.3) is 0 Å². The van der Waals surface area contributed by atoms with E-state index in [9.17, 15) is 13.2 Å². The molecular formula is C12H25NO4S. The minimum absolute atomic E-state index is 0.0108. The van der Waals surface area contributed by atoms with Crippen LogP contribution in [-0.2, 0) is 14.9 Å². The van der Waals surface area contributed by atoms with Crippen LogP contribution in [-0.4, -0.2) is 30.7 Å². The fraction of sp³-hybridized carbons (Fsp3) is 0.917. The van der Waals surface area contributed by atoms with Crippen molar-refractivity contribution in [2.45, 2.75) is 64.0 Å². The highest BCUT2D eigenvalue weighted by atomic mass is 32.2. The lowest BCUT2D eigenvalue weighted by Crippen LogP contribution is -2.35. The van der Waals surface area contributed by atoms with Crippen LogP contribution in [0.2, 0.25) is 0 Å². The molecule has 0 heterocycles. The summed E-state index contributed by atoms with van der Waals surface area (Å²) in [5.74, 6) is -0.286. The number of unbranched alkanes of at least 4 members (excludes halogenated alkanes) is 5. The zero-order valence-electron chi connectivity index (χ0n) is 11.3. The first-order chi connectivity index (χ1) is 8.38. The summed E-state index contributed by atoms with van der Waals surface area (Å²) in [5, 5.41) is 1.55. The van der Waals surface area contributed by atoms with Crippen LogP contribution in [0.4, 0.5) is 0 Å². The minimum Gasteiger partial charge on any atom is -0.355 e. The van der Waals surface area contributed by atoms with E-state index in [4.69, 9.17) is 4.55 Å². The van der Waals surface area contributed by atoms with E-state index in [1.807, 2.05) is 0 Å². The van der Waals surface area contributed by atoms with Gasteiger partial charge in [0, 0.05) is 13.5 Å². The molecule has 0 aliphatic rings. The third-order valence-corrected chi connectivity index (χ3v) is 4.12. The van der Waals surface area contributed by atoms with Gasteiger partial charge >= 0.3 is 0 Å². The number of hydrogen-bond acceptors (Lipinski definition) is 3. The van der Waals surface area contributed by atoms with Crippen LogP contribution in [0.15, 0.2) is 0 Å². The van der Waals surface area contributed by atoms with Gasteiger partial charge < -0.3 is 5.32 Å². The van der Waals surface area contributed by atoms with Gasteiger partial charge in [0.1, 0.15) is 5.25 Å². The topological polar surface area (TPSA) is 83.5 Å². The van der Waals surface area contributed by atoms with Gasteiger partial charge in [-0.3, -0.25) is 9.35 Å². The Labute approximate surface area is 110 Å². The summed E-state index contributed by atoms with van der Waals surface area (Å²) in [6.45, 7) is 3.46. The number of rotatable bonds is 10. The summed E-state index contributed by atoms with van der Waals surface area (Å²) in [4.78, 5) is 10.7. The third kappa shape index (κ3) is 9.41. The summed E-state index contributed by atoms with van der Waals surface area (Å²) >= 11 is 0. The van der Waals surface area contributed by atoms with Gasteiger partial charge in [0.15, 0.2) is 0 Å². The predicted molar refractivity (Wildman–Crippen MR) is 72.0 cm³/mol. The van der Waals surface area contributed by atoms with E-state index in [1.54, 1.807) is 0 Å². The molecule has 0 saturated heterocycles. The van der Waals surface area contributed by atoms with Crippen LogP contribution in [0.5, 0.6) is 0 Å². The molecule has 6 heteroatoms. The number of nitrogens with one attached hydrogen (secondary N) is 1. The van der Waals surface area contributed by atoms with E-state index in [0.29, 0.717) is 6.42 Å². The molecule has 0 aromatic rings. The minimum atomic E-state index is -4.07. The molecule has 18 heavy (non-hydrogen) atoms. The van der Waals surface area contributed by atoms with E-state index in [2.05, 4.69) is 12.2 Å². The summed E-state index contributed by atoms with van der Waals surface area (Å²) in [7, 11) is -4.07. The highest BCUT2D eigenvalue weighted by Crippen LogP contribution is 2.12. The predicted octanol–water partition coefficient (Wildman–Crippen LogP) is 2.13. The smallest absolute Gasteiger partial charge is 0.269 e. The van der Waals surface area contributed by atoms with Gasteiger partial charge in [-0.1, -0.05) is 45.4 Å². The van der Waals surface area contributed by atoms with E-state index in [-0.39, 0.29) is 12.5 Å². The van der Waals surface area contributed by atoms with Crippen molar-refractivity contribution >= 4 is 16.0 Å². The van der Waals surface area contributed by atoms with Crippen molar-refractivity contribution in [3.63, 3.8) is 0 Å². The number of carbonyl (C=O) groups excluding carboxylic acids is 1.